The quantitative estimate of drug-likeness (QED) is 0.584. The molecule has 2 aromatic carbocycles. The van der Waals surface area contributed by atoms with Gasteiger partial charge in [-0.2, -0.15) is 0 Å². The van der Waals surface area contributed by atoms with Crippen LogP contribution in [0.3, 0.4) is 0 Å². The predicted octanol–water partition coefficient (Wildman–Crippen LogP) is 3.78. The van der Waals surface area contributed by atoms with E-state index in [1.807, 2.05) is 45.9 Å². The van der Waals surface area contributed by atoms with Gasteiger partial charge in [0.1, 0.15) is 16.4 Å². The van der Waals surface area contributed by atoms with Crippen LogP contribution in [-0.2, 0) is 14.8 Å². The number of carbonyl (C=O) groups is 1. The largest absolute Gasteiger partial charge is 0.495 e. The van der Waals surface area contributed by atoms with Crippen LogP contribution in [0.1, 0.15) is 37.8 Å². The molecule has 8 heteroatoms. The smallest absolute Gasteiger partial charge is 0.241 e. The number of hydrogen-bond donors (Lipinski definition) is 2. The van der Waals surface area contributed by atoms with Crippen molar-refractivity contribution in [1.29, 1.82) is 0 Å². The first kappa shape index (κ1) is 23.7. The fourth-order valence-electron chi connectivity index (χ4n) is 2.95. The fourth-order valence-corrected chi connectivity index (χ4v) is 3.67. The van der Waals surface area contributed by atoms with E-state index in [1.54, 1.807) is 6.07 Å². The highest BCUT2D eigenvalue weighted by molar-refractivity contribution is 7.89. The Morgan fingerprint density at radius 2 is 1.80 bits per heavy atom. The molecule has 0 fully saturated rings. The van der Waals surface area contributed by atoms with Gasteiger partial charge in [0, 0.05) is 11.1 Å². The van der Waals surface area contributed by atoms with E-state index in [0.717, 1.165) is 16.9 Å². The molecule has 0 atom stereocenters. The number of amides is 1. The Morgan fingerprint density at radius 1 is 1.10 bits per heavy atom. The van der Waals surface area contributed by atoms with Crippen molar-refractivity contribution in [2.45, 2.75) is 45.4 Å². The van der Waals surface area contributed by atoms with E-state index >= 15 is 0 Å². The third-order valence-electron chi connectivity index (χ3n) is 4.89. The Bertz CT molecular complexity index is 1020. The maximum Gasteiger partial charge on any atom is 0.241 e. The number of anilines is 1. The van der Waals surface area contributed by atoms with E-state index in [1.165, 1.54) is 19.2 Å². The Morgan fingerprint density at radius 3 is 2.43 bits per heavy atom. The van der Waals surface area contributed by atoms with Crippen LogP contribution in [0.25, 0.3) is 0 Å². The summed E-state index contributed by atoms with van der Waals surface area (Å²) in [4.78, 5) is 12.6. The average molecular weight is 435 g/mol. The monoisotopic (exact) mass is 434 g/mol. The second-order valence-corrected chi connectivity index (χ2v) is 9.50. The van der Waals surface area contributed by atoms with E-state index < -0.39 is 15.4 Å². The van der Waals surface area contributed by atoms with Crippen molar-refractivity contribution in [2.24, 2.45) is 10.6 Å². The molecule has 0 aliphatic heterocycles. The predicted molar refractivity (Wildman–Crippen MR) is 117 cm³/mol. The molecule has 2 rings (SSSR count). The molecule has 3 N–H and O–H groups in total. The van der Waals surface area contributed by atoms with Crippen LogP contribution in [0.5, 0.6) is 11.5 Å². The molecule has 0 aromatic heterocycles. The molecule has 0 saturated carbocycles. The summed E-state index contributed by atoms with van der Waals surface area (Å²) in [5, 5.41) is 8.00. The van der Waals surface area contributed by atoms with Crippen molar-refractivity contribution in [3.63, 3.8) is 0 Å². The van der Waals surface area contributed by atoms with Gasteiger partial charge in [-0.1, -0.05) is 26.0 Å². The molecule has 0 aliphatic rings. The third kappa shape index (κ3) is 6.21. The Hall–Kier alpha value is -2.58. The Labute approximate surface area is 178 Å². The summed E-state index contributed by atoms with van der Waals surface area (Å²) in [6.07, 6.45) is 1.29. The zero-order valence-corrected chi connectivity index (χ0v) is 18.9. The molecule has 1 amide bonds. The Balaban J connectivity index is 1.98. The van der Waals surface area contributed by atoms with E-state index in [9.17, 15) is 13.2 Å². The maximum atomic E-state index is 12.7. The van der Waals surface area contributed by atoms with Crippen LogP contribution in [-0.4, -0.2) is 28.0 Å². The number of primary sulfonamides is 1. The molecule has 164 valence electrons. The molecule has 0 unspecified atom stereocenters. The maximum absolute atomic E-state index is 12.7. The van der Waals surface area contributed by atoms with Gasteiger partial charge in [0.25, 0.3) is 0 Å². The molecular formula is C22H30N2O5S. The second-order valence-electron chi connectivity index (χ2n) is 7.97. The van der Waals surface area contributed by atoms with Crippen molar-refractivity contribution in [3.8, 4) is 11.5 Å². The zero-order valence-electron chi connectivity index (χ0n) is 18.1. The topological polar surface area (TPSA) is 108 Å². The molecule has 2 aromatic rings. The molecular weight excluding hydrogens is 404 g/mol. The molecule has 0 radical (unpaired) electrons. The highest BCUT2D eigenvalue weighted by atomic mass is 32.2. The lowest BCUT2D eigenvalue weighted by Gasteiger charge is -2.24. The van der Waals surface area contributed by atoms with E-state index in [2.05, 4.69) is 5.32 Å². The number of ether oxygens (including phenoxy) is 2. The van der Waals surface area contributed by atoms with Crippen LogP contribution in [0.15, 0.2) is 41.3 Å². The lowest BCUT2D eigenvalue weighted by atomic mass is 9.87. The van der Waals surface area contributed by atoms with Gasteiger partial charge in [-0.05, 0) is 62.1 Å². The van der Waals surface area contributed by atoms with Gasteiger partial charge in [0.05, 0.1) is 13.7 Å². The van der Waals surface area contributed by atoms with E-state index in [0.29, 0.717) is 25.1 Å². The number of aryl methyl sites for hydroxylation is 2. The minimum atomic E-state index is -3.98. The normalized spacial score (nSPS) is 11.8. The minimum absolute atomic E-state index is 0.123. The standard InChI is InChI=1S/C22H30N2O5S/c1-15-7-8-16(2)19(13-15)29-12-6-11-22(3,4)21(25)24-17-9-10-18(28-5)20(14-17)30(23,26)27/h7-10,13-14H,6,11-12H2,1-5H3,(H,24,25)(H2,23,26,27). The number of methoxy groups -OCH3 is 1. The van der Waals surface area contributed by atoms with Gasteiger partial charge in [-0.15, -0.1) is 0 Å². The summed E-state index contributed by atoms with van der Waals surface area (Å²) in [6.45, 7) is 8.19. The van der Waals surface area contributed by atoms with Crippen molar-refractivity contribution >= 4 is 21.6 Å². The number of hydrogen-bond acceptors (Lipinski definition) is 5. The van der Waals surface area contributed by atoms with E-state index in [-0.39, 0.29) is 16.6 Å². The minimum Gasteiger partial charge on any atom is -0.495 e. The number of rotatable bonds is 9. The summed E-state index contributed by atoms with van der Waals surface area (Å²) < 4.78 is 34.4. The molecule has 0 spiro atoms. The second kappa shape index (κ2) is 9.49. The number of nitrogens with two attached hydrogens (primary N) is 1. The van der Waals surface area contributed by atoms with E-state index in [4.69, 9.17) is 14.6 Å². The third-order valence-corrected chi connectivity index (χ3v) is 5.82. The summed E-state index contributed by atoms with van der Waals surface area (Å²) in [5.41, 5.74) is 1.87. The lowest BCUT2D eigenvalue weighted by molar-refractivity contribution is -0.124. The summed E-state index contributed by atoms with van der Waals surface area (Å²) in [5.74, 6) is 0.754. The first-order chi connectivity index (χ1) is 13.9. The highest BCUT2D eigenvalue weighted by Gasteiger charge is 2.28. The summed E-state index contributed by atoms with van der Waals surface area (Å²) in [6, 6.07) is 10.4. The van der Waals surface area contributed by atoms with Crippen LogP contribution in [0.4, 0.5) is 5.69 Å². The highest BCUT2D eigenvalue weighted by Crippen LogP contribution is 2.29. The van der Waals surface area contributed by atoms with Gasteiger partial charge in [-0.3, -0.25) is 4.79 Å². The van der Waals surface area contributed by atoms with Crippen LogP contribution < -0.4 is 19.9 Å². The number of benzene rings is 2. The average Bonchev–Trinajstić information content (AvgIpc) is 2.67. The number of carbonyl (C=O) groups excluding carboxylic acids is 1. The van der Waals surface area contributed by atoms with Crippen LogP contribution in [0.2, 0.25) is 0 Å². The lowest BCUT2D eigenvalue weighted by Crippen LogP contribution is -2.31. The summed E-state index contributed by atoms with van der Waals surface area (Å²) in [7, 11) is -2.63. The van der Waals surface area contributed by atoms with Crippen molar-refractivity contribution < 1.29 is 22.7 Å². The number of nitrogens with one attached hydrogen (secondary N) is 1. The Kier molecular flexibility index (Phi) is 7.49. The van der Waals surface area contributed by atoms with Gasteiger partial charge in [0.15, 0.2) is 0 Å². The van der Waals surface area contributed by atoms with Crippen molar-refractivity contribution in [1.82, 2.24) is 0 Å². The summed E-state index contributed by atoms with van der Waals surface area (Å²) >= 11 is 0. The van der Waals surface area contributed by atoms with Crippen molar-refractivity contribution in [3.05, 3.63) is 47.5 Å². The molecule has 30 heavy (non-hydrogen) atoms. The zero-order chi connectivity index (χ0) is 22.5. The number of sulfonamides is 1. The van der Waals surface area contributed by atoms with Gasteiger partial charge in [0.2, 0.25) is 15.9 Å². The molecule has 0 bridgehead atoms. The molecule has 0 saturated heterocycles. The molecule has 7 nitrogen and oxygen atoms in total. The van der Waals surface area contributed by atoms with Crippen molar-refractivity contribution in [2.75, 3.05) is 19.0 Å². The fraction of sp³-hybridized carbons (Fsp3) is 0.409. The van der Waals surface area contributed by atoms with Gasteiger partial charge >= 0.3 is 0 Å². The van der Waals surface area contributed by atoms with Crippen LogP contribution in [0, 0.1) is 19.3 Å². The van der Waals surface area contributed by atoms with Crippen LogP contribution >= 0.6 is 0 Å². The van der Waals surface area contributed by atoms with Gasteiger partial charge < -0.3 is 14.8 Å². The first-order valence-corrected chi connectivity index (χ1v) is 11.2. The SMILES string of the molecule is COc1ccc(NC(=O)C(C)(C)CCCOc2cc(C)ccc2C)cc1S(N)(=O)=O. The molecule has 0 heterocycles. The first-order valence-electron chi connectivity index (χ1n) is 9.66. The van der Waals surface area contributed by atoms with Gasteiger partial charge in [-0.25, -0.2) is 13.6 Å². The molecule has 0 aliphatic carbocycles.